The highest BCUT2D eigenvalue weighted by Crippen LogP contribution is 2.18. The second-order valence-corrected chi connectivity index (χ2v) is 4.75. The summed E-state index contributed by atoms with van der Waals surface area (Å²) in [7, 11) is 0. The summed E-state index contributed by atoms with van der Waals surface area (Å²) in [6.07, 6.45) is 0. The Morgan fingerprint density at radius 1 is 1.39 bits per heavy atom. The maximum atomic E-state index is 10.4. The molecule has 0 aliphatic carbocycles. The second kappa shape index (κ2) is 5.68. The van der Waals surface area contributed by atoms with Crippen LogP contribution in [0.25, 0.3) is 11.4 Å². The third-order valence-corrected chi connectivity index (χ3v) is 3.13. The van der Waals surface area contributed by atoms with Crippen LogP contribution in [0.3, 0.4) is 0 Å². The van der Waals surface area contributed by atoms with Gasteiger partial charge in [-0.15, -0.1) is 11.8 Å². The Morgan fingerprint density at radius 3 is 2.78 bits per heavy atom. The summed E-state index contributed by atoms with van der Waals surface area (Å²) in [5.74, 6) is 0.559. The van der Waals surface area contributed by atoms with Crippen molar-refractivity contribution in [2.75, 3.05) is 5.75 Å². The van der Waals surface area contributed by atoms with Gasteiger partial charge in [0.25, 0.3) is 0 Å². The average Bonchev–Trinajstić information content (AvgIpc) is 2.78. The van der Waals surface area contributed by atoms with E-state index < -0.39 is 5.97 Å². The lowest BCUT2D eigenvalue weighted by Gasteiger charge is -1.94. The third-order valence-electron chi connectivity index (χ3n) is 2.23. The van der Waals surface area contributed by atoms with Gasteiger partial charge in [0.1, 0.15) is 0 Å². The number of thioether (sulfide) groups is 1. The van der Waals surface area contributed by atoms with Gasteiger partial charge < -0.3 is 9.63 Å². The number of aromatic nitrogens is 2. The second-order valence-electron chi connectivity index (χ2n) is 3.76. The van der Waals surface area contributed by atoms with Gasteiger partial charge in [0.05, 0.1) is 11.5 Å². The molecule has 0 amide bonds. The zero-order valence-electron chi connectivity index (χ0n) is 9.79. The van der Waals surface area contributed by atoms with Gasteiger partial charge >= 0.3 is 5.97 Å². The summed E-state index contributed by atoms with van der Waals surface area (Å²) in [5.41, 5.74) is 2.05. The quantitative estimate of drug-likeness (QED) is 0.893. The minimum atomic E-state index is -0.849. The van der Waals surface area contributed by atoms with E-state index in [1.165, 1.54) is 17.3 Å². The smallest absolute Gasteiger partial charge is 0.313 e. The van der Waals surface area contributed by atoms with Gasteiger partial charge in [-0.3, -0.25) is 4.79 Å². The van der Waals surface area contributed by atoms with E-state index in [1.54, 1.807) is 0 Å². The van der Waals surface area contributed by atoms with E-state index in [0.717, 1.165) is 5.56 Å². The number of hydrogen-bond donors (Lipinski definition) is 1. The first-order chi connectivity index (χ1) is 8.65. The Labute approximate surface area is 108 Å². The topological polar surface area (TPSA) is 76.2 Å². The van der Waals surface area contributed by atoms with Crippen LogP contribution in [-0.2, 0) is 10.5 Å². The summed E-state index contributed by atoms with van der Waals surface area (Å²) >= 11 is 1.23. The number of hydrogen-bond acceptors (Lipinski definition) is 5. The summed E-state index contributed by atoms with van der Waals surface area (Å²) in [6, 6.07) is 7.80. The number of carboxylic acid groups (broad SMARTS) is 1. The summed E-state index contributed by atoms with van der Waals surface area (Å²) in [4.78, 5) is 14.6. The summed E-state index contributed by atoms with van der Waals surface area (Å²) in [6.45, 7) is 2.01. The van der Waals surface area contributed by atoms with Crippen molar-refractivity contribution in [1.29, 1.82) is 0 Å². The Kier molecular flexibility index (Phi) is 3.99. The normalized spacial score (nSPS) is 10.5. The van der Waals surface area contributed by atoms with Crippen molar-refractivity contribution in [2.24, 2.45) is 0 Å². The highest BCUT2D eigenvalue weighted by atomic mass is 32.2. The lowest BCUT2D eigenvalue weighted by Crippen LogP contribution is -1.98. The first-order valence-electron chi connectivity index (χ1n) is 5.34. The van der Waals surface area contributed by atoms with Crippen LogP contribution >= 0.6 is 11.8 Å². The van der Waals surface area contributed by atoms with Crippen LogP contribution in [0.2, 0.25) is 0 Å². The molecule has 0 saturated heterocycles. The molecule has 1 aromatic heterocycles. The Bertz CT molecular complexity index is 537. The van der Waals surface area contributed by atoms with Crippen LogP contribution in [0.4, 0.5) is 0 Å². The van der Waals surface area contributed by atoms with Crippen molar-refractivity contribution in [3.63, 3.8) is 0 Å². The molecule has 0 aliphatic rings. The molecule has 0 aliphatic heterocycles. The highest BCUT2D eigenvalue weighted by Gasteiger charge is 2.09. The monoisotopic (exact) mass is 264 g/mol. The molecule has 0 atom stereocenters. The molecule has 0 radical (unpaired) electrons. The fourth-order valence-electron chi connectivity index (χ4n) is 1.36. The SMILES string of the molecule is Cc1ccc(-c2noc(CSCC(=O)O)n2)cc1. The minimum Gasteiger partial charge on any atom is -0.481 e. The maximum absolute atomic E-state index is 10.4. The number of carboxylic acids is 1. The van der Waals surface area contributed by atoms with Gasteiger partial charge in [-0.05, 0) is 6.92 Å². The van der Waals surface area contributed by atoms with Gasteiger partial charge in [0.2, 0.25) is 11.7 Å². The van der Waals surface area contributed by atoms with Crippen LogP contribution in [0.5, 0.6) is 0 Å². The summed E-state index contributed by atoms with van der Waals surface area (Å²) in [5, 5.41) is 12.4. The molecular weight excluding hydrogens is 252 g/mol. The molecule has 0 unspecified atom stereocenters. The van der Waals surface area contributed by atoms with Crippen LogP contribution < -0.4 is 0 Å². The van der Waals surface area contributed by atoms with Crippen molar-refractivity contribution in [3.05, 3.63) is 35.7 Å². The molecule has 1 N–H and O–H groups in total. The molecule has 5 nitrogen and oxygen atoms in total. The van der Waals surface area contributed by atoms with Gasteiger partial charge in [-0.25, -0.2) is 0 Å². The number of benzene rings is 1. The third kappa shape index (κ3) is 3.33. The molecule has 2 aromatic rings. The average molecular weight is 264 g/mol. The highest BCUT2D eigenvalue weighted by molar-refractivity contribution is 7.99. The molecule has 6 heteroatoms. The summed E-state index contributed by atoms with van der Waals surface area (Å²) < 4.78 is 5.06. The molecule has 2 rings (SSSR count). The zero-order chi connectivity index (χ0) is 13.0. The number of carbonyl (C=O) groups is 1. The van der Waals surface area contributed by atoms with E-state index in [2.05, 4.69) is 10.1 Å². The van der Waals surface area contributed by atoms with E-state index in [0.29, 0.717) is 17.5 Å². The number of aliphatic carboxylic acids is 1. The molecule has 0 bridgehead atoms. The number of nitrogens with zero attached hydrogens (tertiary/aromatic N) is 2. The standard InChI is InChI=1S/C12H12N2O3S/c1-8-2-4-9(5-3-8)12-13-10(17-14-12)6-18-7-11(15)16/h2-5H,6-7H2,1H3,(H,15,16). The minimum absolute atomic E-state index is 0.0300. The van der Waals surface area contributed by atoms with Crippen LogP contribution in [0.15, 0.2) is 28.8 Å². The number of aryl methyl sites for hydroxylation is 1. The molecule has 0 spiro atoms. The van der Waals surface area contributed by atoms with Gasteiger partial charge in [-0.2, -0.15) is 4.98 Å². The maximum Gasteiger partial charge on any atom is 0.313 e. The van der Waals surface area contributed by atoms with E-state index >= 15 is 0 Å². The molecule has 94 valence electrons. The molecule has 18 heavy (non-hydrogen) atoms. The van der Waals surface area contributed by atoms with E-state index in [-0.39, 0.29) is 5.75 Å². The van der Waals surface area contributed by atoms with Crippen molar-refractivity contribution in [3.8, 4) is 11.4 Å². The van der Waals surface area contributed by atoms with E-state index in [9.17, 15) is 4.79 Å². The first-order valence-corrected chi connectivity index (χ1v) is 6.50. The molecule has 1 heterocycles. The van der Waals surface area contributed by atoms with Crippen molar-refractivity contribution >= 4 is 17.7 Å². The van der Waals surface area contributed by atoms with Crippen molar-refractivity contribution in [2.45, 2.75) is 12.7 Å². The first kappa shape index (κ1) is 12.6. The number of rotatable bonds is 5. The van der Waals surface area contributed by atoms with Crippen LogP contribution in [0.1, 0.15) is 11.5 Å². The molecule has 0 saturated carbocycles. The lowest BCUT2D eigenvalue weighted by molar-refractivity contribution is -0.133. The Hall–Kier alpha value is -1.82. The van der Waals surface area contributed by atoms with Gasteiger partial charge in [0, 0.05) is 5.56 Å². The van der Waals surface area contributed by atoms with Crippen LogP contribution in [0, 0.1) is 6.92 Å². The fraction of sp³-hybridized carbons (Fsp3) is 0.250. The largest absolute Gasteiger partial charge is 0.481 e. The molecule has 0 fully saturated rings. The predicted octanol–water partition coefficient (Wildman–Crippen LogP) is 2.36. The zero-order valence-corrected chi connectivity index (χ0v) is 10.6. The van der Waals surface area contributed by atoms with Crippen molar-refractivity contribution < 1.29 is 14.4 Å². The fourth-order valence-corrected chi connectivity index (χ4v) is 1.93. The Morgan fingerprint density at radius 2 is 2.11 bits per heavy atom. The lowest BCUT2D eigenvalue weighted by atomic mass is 10.1. The van der Waals surface area contributed by atoms with Crippen molar-refractivity contribution in [1.82, 2.24) is 10.1 Å². The Balaban J connectivity index is 2.01. The van der Waals surface area contributed by atoms with Gasteiger partial charge in [0.15, 0.2) is 0 Å². The molecular formula is C12H12N2O3S. The van der Waals surface area contributed by atoms with E-state index in [1.807, 2.05) is 31.2 Å². The predicted molar refractivity (Wildman–Crippen MR) is 68.3 cm³/mol. The van der Waals surface area contributed by atoms with Gasteiger partial charge in [-0.1, -0.05) is 35.0 Å². The van der Waals surface area contributed by atoms with Crippen LogP contribution in [-0.4, -0.2) is 27.0 Å². The van der Waals surface area contributed by atoms with E-state index in [4.69, 9.17) is 9.63 Å². The molecule has 1 aromatic carbocycles.